The summed E-state index contributed by atoms with van der Waals surface area (Å²) in [6.45, 7) is 6.70. The van der Waals surface area contributed by atoms with Crippen LogP contribution in [0, 0.1) is 12.8 Å². The van der Waals surface area contributed by atoms with Gasteiger partial charge in [-0.15, -0.1) is 11.6 Å². The predicted molar refractivity (Wildman–Crippen MR) is 73.6 cm³/mol. The van der Waals surface area contributed by atoms with E-state index in [0.29, 0.717) is 18.4 Å². The molecule has 4 nitrogen and oxygen atoms in total. The van der Waals surface area contributed by atoms with Gasteiger partial charge in [0.25, 0.3) is 0 Å². The van der Waals surface area contributed by atoms with E-state index in [1.54, 1.807) is 6.33 Å². The van der Waals surface area contributed by atoms with Gasteiger partial charge in [0.2, 0.25) is 5.88 Å². The molecule has 5 heteroatoms. The minimum absolute atomic E-state index is 0.631. The summed E-state index contributed by atoms with van der Waals surface area (Å²) in [6.07, 6.45) is 3.86. The Hall–Kier alpha value is -1.03. The minimum atomic E-state index is 0.631. The van der Waals surface area contributed by atoms with Crippen molar-refractivity contribution >= 4 is 17.4 Å². The highest BCUT2D eigenvalue weighted by atomic mass is 35.5. The van der Waals surface area contributed by atoms with Gasteiger partial charge in [-0.1, -0.05) is 0 Å². The molecule has 1 unspecified atom stereocenters. The van der Waals surface area contributed by atoms with E-state index in [2.05, 4.69) is 14.9 Å². The van der Waals surface area contributed by atoms with Gasteiger partial charge in [-0.3, -0.25) is 0 Å². The number of alkyl halides is 1. The Labute approximate surface area is 113 Å². The summed E-state index contributed by atoms with van der Waals surface area (Å²) in [5.41, 5.74) is 1.03. The van der Waals surface area contributed by atoms with Crippen molar-refractivity contribution in [2.24, 2.45) is 5.92 Å². The zero-order valence-electron chi connectivity index (χ0n) is 11.0. The molecule has 0 N–H and O–H groups in total. The fraction of sp³-hybridized carbons (Fsp3) is 0.692. The minimum Gasteiger partial charge on any atom is -0.478 e. The second kappa shape index (κ2) is 6.23. The first-order valence-electron chi connectivity index (χ1n) is 6.51. The Morgan fingerprint density at radius 2 is 2.33 bits per heavy atom. The van der Waals surface area contributed by atoms with Gasteiger partial charge in [-0.2, -0.15) is 0 Å². The molecule has 0 aromatic carbocycles. The zero-order chi connectivity index (χ0) is 13.0. The second-order valence-corrected chi connectivity index (χ2v) is 5.02. The standard InChI is InChI=1S/C13H20ClN3O/c1-3-18-13-10(2)12(15-9-16-13)17-7-5-11(8-17)4-6-14/h9,11H,3-8H2,1-2H3. The number of halogens is 1. The van der Waals surface area contributed by atoms with E-state index in [9.17, 15) is 0 Å². The van der Waals surface area contributed by atoms with Crippen molar-refractivity contribution in [3.05, 3.63) is 11.9 Å². The van der Waals surface area contributed by atoms with Crippen molar-refractivity contribution in [1.82, 2.24) is 9.97 Å². The average Bonchev–Trinajstić information content (AvgIpc) is 2.81. The van der Waals surface area contributed by atoms with Gasteiger partial charge in [0, 0.05) is 19.0 Å². The Morgan fingerprint density at radius 1 is 1.50 bits per heavy atom. The summed E-state index contributed by atoms with van der Waals surface area (Å²) in [6, 6.07) is 0. The number of hydrogen-bond acceptors (Lipinski definition) is 4. The Kier molecular flexibility index (Phi) is 4.64. The van der Waals surface area contributed by atoms with Crippen molar-refractivity contribution < 1.29 is 4.74 Å². The molecule has 0 amide bonds. The first-order chi connectivity index (χ1) is 8.76. The summed E-state index contributed by atoms with van der Waals surface area (Å²) in [7, 11) is 0. The third-order valence-electron chi connectivity index (χ3n) is 3.40. The first-order valence-corrected chi connectivity index (χ1v) is 7.05. The Morgan fingerprint density at radius 3 is 3.06 bits per heavy atom. The second-order valence-electron chi connectivity index (χ2n) is 4.64. The molecular weight excluding hydrogens is 250 g/mol. The van der Waals surface area contributed by atoms with Crippen LogP contribution in [0.2, 0.25) is 0 Å². The van der Waals surface area contributed by atoms with Crippen LogP contribution >= 0.6 is 11.6 Å². The molecule has 0 spiro atoms. The molecule has 1 saturated heterocycles. The maximum Gasteiger partial charge on any atom is 0.221 e. The molecule has 2 heterocycles. The summed E-state index contributed by atoms with van der Waals surface area (Å²) < 4.78 is 5.51. The third-order valence-corrected chi connectivity index (χ3v) is 3.61. The highest BCUT2D eigenvalue weighted by Gasteiger charge is 2.25. The molecule has 1 aromatic heterocycles. The zero-order valence-corrected chi connectivity index (χ0v) is 11.8. The maximum absolute atomic E-state index is 5.81. The molecule has 1 aliphatic rings. The molecule has 2 rings (SSSR count). The molecule has 0 bridgehead atoms. The van der Waals surface area contributed by atoms with Gasteiger partial charge < -0.3 is 9.64 Å². The molecule has 1 atom stereocenters. The highest BCUT2D eigenvalue weighted by Crippen LogP contribution is 2.29. The normalized spacial score (nSPS) is 19.3. The van der Waals surface area contributed by atoms with Crippen LogP contribution in [0.5, 0.6) is 5.88 Å². The third kappa shape index (κ3) is 2.86. The molecule has 0 radical (unpaired) electrons. The number of rotatable bonds is 5. The van der Waals surface area contributed by atoms with Crippen LogP contribution in [0.15, 0.2) is 6.33 Å². The monoisotopic (exact) mass is 269 g/mol. The topological polar surface area (TPSA) is 38.3 Å². The number of aromatic nitrogens is 2. The van der Waals surface area contributed by atoms with Gasteiger partial charge in [-0.05, 0) is 32.6 Å². The van der Waals surface area contributed by atoms with Crippen molar-refractivity contribution in [3.8, 4) is 5.88 Å². The predicted octanol–water partition coefficient (Wildman–Crippen LogP) is 2.64. The summed E-state index contributed by atoms with van der Waals surface area (Å²) in [5, 5.41) is 0. The SMILES string of the molecule is CCOc1ncnc(N2CCC(CCCl)C2)c1C. The van der Waals surface area contributed by atoms with Crippen LogP contribution < -0.4 is 9.64 Å². The van der Waals surface area contributed by atoms with Gasteiger partial charge >= 0.3 is 0 Å². The molecule has 1 fully saturated rings. The van der Waals surface area contributed by atoms with E-state index in [1.165, 1.54) is 6.42 Å². The maximum atomic E-state index is 5.81. The van der Waals surface area contributed by atoms with Gasteiger partial charge in [0.05, 0.1) is 12.2 Å². The van der Waals surface area contributed by atoms with Crippen LogP contribution in [0.4, 0.5) is 5.82 Å². The van der Waals surface area contributed by atoms with E-state index in [4.69, 9.17) is 16.3 Å². The van der Waals surface area contributed by atoms with Crippen LogP contribution in [-0.4, -0.2) is 35.5 Å². The summed E-state index contributed by atoms with van der Waals surface area (Å²) in [4.78, 5) is 10.9. The van der Waals surface area contributed by atoms with E-state index in [1.807, 2.05) is 13.8 Å². The number of hydrogen-bond donors (Lipinski definition) is 0. The Balaban J connectivity index is 2.12. The average molecular weight is 270 g/mol. The molecule has 1 aliphatic heterocycles. The van der Waals surface area contributed by atoms with Crippen molar-refractivity contribution in [2.45, 2.75) is 26.7 Å². The van der Waals surface area contributed by atoms with Crippen molar-refractivity contribution in [2.75, 3.05) is 30.5 Å². The quantitative estimate of drug-likeness (QED) is 0.771. The smallest absolute Gasteiger partial charge is 0.221 e. The highest BCUT2D eigenvalue weighted by molar-refractivity contribution is 6.17. The van der Waals surface area contributed by atoms with Gasteiger partial charge in [0.1, 0.15) is 12.1 Å². The fourth-order valence-electron chi connectivity index (χ4n) is 2.44. The Bertz CT molecular complexity index is 400. The summed E-state index contributed by atoms with van der Waals surface area (Å²) >= 11 is 5.81. The number of nitrogens with zero attached hydrogens (tertiary/aromatic N) is 3. The largest absolute Gasteiger partial charge is 0.478 e. The molecule has 100 valence electrons. The number of ether oxygens (including phenoxy) is 1. The van der Waals surface area contributed by atoms with Crippen molar-refractivity contribution in [1.29, 1.82) is 0 Å². The van der Waals surface area contributed by atoms with Crippen LogP contribution in [0.3, 0.4) is 0 Å². The lowest BCUT2D eigenvalue weighted by molar-refractivity contribution is 0.323. The van der Waals surface area contributed by atoms with E-state index < -0.39 is 0 Å². The first kappa shape index (κ1) is 13.4. The lowest BCUT2D eigenvalue weighted by Gasteiger charge is -2.20. The molecule has 0 saturated carbocycles. The van der Waals surface area contributed by atoms with Crippen LogP contribution in [-0.2, 0) is 0 Å². The van der Waals surface area contributed by atoms with Gasteiger partial charge in [0.15, 0.2) is 0 Å². The van der Waals surface area contributed by atoms with E-state index in [0.717, 1.165) is 36.8 Å². The molecule has 0 aliphatic carbocycles. The lowest BCUT2D eigenvalue weighted by atomic mass is 10.1. The van der Waals surface area contributed by atoms with E-state index >= 15 is 0 Å². The van der Waals surface area contributed by atoms with Crippen LogP contribution in [0.1, 0.15) is 25.3 Å². The molecule has 1 aromatic rings. The van der Waals surface area contributed by atoms with E-state index in [-0.39, 0.29) is 0 Å². The summed E-state index contributed by atoms with van der Waals surface area (Å²) in [5.74, 6) is 3.13. The van der Waals surface area contributed by atoms with Gasteiger partial charge in [-0.25, -0.2) is 9.97 Å². The van der Waals surface area contributed by atoms with Crippen LogP contribution in [0.25, 0.3) is 0 Å². The molecular formula is C13H20ClN3O. The number of anilines is 1. The fourth-order valence-corrected chi connectivity index (χ4v) is 2.75. The molecule has 18 heavy (non-hydrogen) atoms. The van der Waals surface area contributed by atoms with Crippen molar-refractivity contribution in [3.63, 3.8) is 0 Å². The lowest BCUT2D eigenvalue weighted by Crippen LogP contribution is -2.22.